The number of rotatable bonds is 6. The van der Waals surface area contributed by atoms with Crippen LogP contribution in [0.15, 0.2) is 218 Å². The van der Waals surface area contributed by atoms with Crippen LogP contribution in [0.5, 0.6) is 0 Å². The van der Waals surface area contributed by atoms with Gasteiger partial charge in [0.15, 0.2) is 34.9 Å². The molecule has 3 aromatic heterocycles. The molecule has 0 spiro atoms. The van der Waals surface area contributed by atoms with Crippen LogP contribution in [-0.2, 0) is 0 Å². The van der Waals surface area contributed by atoms with Crippen molar-refractivity contribution >= 4 is 85.4 Å². The number of fused-ring (bicyclic) bond motifs is 12. The lowest BCUT2D eigenvalue weighted by molar-refractivity contribution is 1.08. The number of aromatic nitrogens is 6. The van der Waals surface area contributed by atoms with Gasteiger partial charge in [-0.3, -0.25) is 0 Å². The molecule has 0 saturated carbocycles. The minimum atomic E-state index is 0.584. The van der Waals surface area contributed by atoms with Crippen molar-refractivity contribution in [2.24, 2.45) is 0 Å². The van der Waals surface area contributed by atoms with Gasteiger partial charge < -0.3 is 0 Å². The van der Waals surface area contributed by atoms with Crippen LogP contribution in [-0.4, -0.2) is 29.9 Å². The Morgan fingerprint density at radius 1 is 0.261 bits per heavy atom. The standard InChI is InChI=1S/C62H36N6S/c1-4-20-38(21-5-1)57-63-58(39-22-6-2-7-23-39)67-62(66-57)54-43-29-13-11-26-41(43)35-51-55(54)53-50(36-49-46-32-15-14-30-44(46)45-31-16-17-33-47(45)52(49)56(53)69-51)61-65-59(40-24-8-3-9-25-40)64-60(68-61)48-34-18-27-37-19-10-12-28-42(37)48/h1-36H. The fourth-order valence-corrected chi connectivity index (χ4v) is 11.6. The predicted octanol–water partition coefficient (Wildman–Crippen LogP) is 16.2. The van der Waals surface area contributed by atoms with E-state index in [2.05, 4.69) is 164 Å². The van der Waals surface area contributed by atoms with Crippen LogP contribution in [0.1, 0.15) is 0 Å². The van der Waals surface area contributed by atoms with E-state index < -0.39 is 0 Å². The highest BCUT2D eigenvalue weighted by Crippen LogP contribution is 2.52. The van der Waals surface area contributed by atoms with Crippen molar-refractivity contribution in [2.45, 2.75) is 0 Å². The maximum atomic E-state index is 5.55. The molecule has 6 nitrogen and oxygen atoms in total. The molecule has 0 aliphatic carbocycles. The van der Waals surface area contributed by atoms with Gasteiger partial charge >= 0.3 is 0 Å². The van der Waals surface area contributed by atoms with Gasteiger partial charge in [0.1, 0.15) is 0 Å². The van der Waals surface area contributed by atoms with E-state index >= 15 is 0 Å². The number of thiophene rings is 1. The van der Waals surface area contributed by atoms with Crippen LogP contribution >= 0.6 is 11.3 Å². The van der Waals surface area contributed by atoms with Gasteiger partial charge in [0, 0.05) is 58.9 Å². The molecule has 14 rings (SSSR count). The zero-order valence-electron chi connectivity index (χ0n) is 36.9. The van der Waals surface area contributed by atoms with Crippen molar-refractivity contribution in [3.05, 3.63) is 218 Å². The van der Waals surface area contributed by atoms with Crippen molar-refractivity contribution in [3.8, 4) is 68.3 Å². The summed E-state index contributed by atoms with van der Waals surface area (Å²) < 4.78 is 2.25. The van der Waals surface area contributed by atoms with Crippen LogP contribution in [0.4, 0.5) is 0 Å². The third-order valence-electron chi connectivity index (χ3n) is 13.3. The summed E-state index contributed by atoms with van der Waals surface area (Å²) in [5.41, 5.74) is 5.51. The Balaban J connectivity index is 1.19. The molecule has 0 N–H and O–H groups in total. The highest BCUT2D eigenvalue weighted by atomic mass is 32.1. The largest absolute Gasteiger partial charge is 0.208 e. The van der Waals surface area contributed by atoms with E-state index in [1.165, 1.54) is 26.9 Å². The maximum absolute atomic E-state index is 5.55. The van der Waals surface area contributed by atoms with Crippen LogP contribution in [0.25, 0.3) is 142 Å². The summed E-state index contributed by atoms with van der Waals surface area (Å²) in [7, 11) is 0. The highest BCUT2D eigenvalue weighted by molar-refractivity contribution is 7.27. The minimum Gasteiger partial charge on any atom is -0.208 e. The van der Waals surface area contributed by atoms with E-state index in [9.17, 15) is 0 Å². The first-order valence-corrected chi connectivity index (χ1v) is 23.8. The normalized spacial score (nSPS) is 11.8. The lowest BCUT2D eigenvalue weighted by Gasteiger charge is -2.16. The quantitative estimate of drug-likeness (QED) is 0.155. The summed E-state index contributed by atoms with van der Waals surface area (Å²) in [5, 5.41) is 13.5. The van der Waals surface area contributed by atoms with Crippen molar-refractivity contribution in [2.75, 3.05) is 0 Å². The summed E-state index contributed by atoms with van der Waals surface area (Å²) in [6, 6.07) is 76.2. The van der Waals surface area contributed by atoms with E-state index in [-0.39, 0.29) is 0 Å². The SMILES string of the molecule is c1ccc(-c2nc(-c3ccccc3)nc(-c3c4ccccc4cc4sc5c(c(-c6nc(-c7ccccc7)nc(-c7cccc8ccccc78)n6)cc6c7ccccc7c7ccccc7c65)c34)n2)cc1. The van der Waals surface area contributed by atoms with Gasteiger partial charge in [-0.15, -0.1) is 11.3 Å². The lowest BCUT2D eigenvalue weighted by atomic mass is 9.89. The van der Waals surface area contributed by atoms with Crippen LogP contribution in [0.2, 0.25) is 0 Å². The van der Waals surface area contributed by atoms with Gasteiger partial charge in [0.2, 0.25) is 0 Å². The summed E-state index contributed by atoms with van der Waals surface area (Å²) >= 11 is 1.81. The summed E-state index contributed by atoms with van der Waals surface area (Å²) in [6.07, 6.45) is 0. The summed E-state index contributed by atoms with van der Waals surface area (Å²) in [6.45, 7) is 0. The van der Waals surface area contributed by atoms with E-state index in [0.717, 1.165) is 80.5 Å². The fourth-order valence-electron chi connectivity index (χ4n) is 10.2. The van der Waals surface area contributed by atoms with Gasteiger partial charge in [0.05, 0.1) is 0 Å². The Hall–Kier alpha value is -9.04. The first-order chi connectivity index (χ1) is 34.2. The van der Waals surface area contributed by atoms with E-state index in [1.54, 1.807) is 0 Å². The molecule has 0 amide bonds. The maximum Gasteiger partial charge on any atom is 0.165 e. The number of hydrogen-bond donors (Lipinski definition) is 0. The zero-order valence-corrected chi connectivity index (χ0v) is 37.7. The monoisotopic (exact) mass is 896 g/mol. The van der Waals surface area contributed by atoms with Crippen LogP contribution < -0.4 is 0 Å². The molecule has 69 heavy (non-hydrogen) atoms. The topological polar surface area (TPSA) is 77.3 Å². The van der Waals surface area contributed by atoms with Crippen molar-refractivity contribution in [1.29, 1.82) is 0 Å². The van der Waals surface area contributed by atoms with E-state index in [0.29, 0.717) is 34.9 Å². The lowest BCUT2D eigenvalue weighted by Crippen LogP contribution is -2.02. The predicted molar refractivity (Wildman–Crippen MR) is 286 cm³/mol. The average Bonchev–Trinajstić information content (AvgIpc) is 3.81. The van der Waals surface area contributed by atoms with Crippen LogP contribution in [0, 0.1) is 0 Å². The van der Waals surface area contributed by atoms with E-state index in [4.69, 9.17) is 29.9 Å². The Kier molecular flexibility index (Phi) is 8.97. The molecule has 0 bridgehead atoms. The smallest absolute Gasteiger partial charge is 0.165 e. The summed E-state index contributed by atoms with van der Waals surface area (Å²) in [4.78, 5) is 32.3. The second kappa shape index (κ2) is 15.8. The highest BCUT2D eigenvalue weighted by Gasteiger charge is 2.26. The van der Waals surface area contributed by atoms with Gasteiger partial charge in [0.25, 0.3) is 0 Å². The molecule has 320 valence electrons. The van der Waals surface area contributed by atoms with Gasteiger partial charge in [-0.2, -0.15) is 0 Å². The van der Waals surface area contributed by atoms with E-state index in [1.807, 2.05) is 65.9 Å². The Morgan fingerprint density at radius 2 is 0.696 bits per heavy atom. The molecule has 0 saturated heterocycles. The number of nitrogens with zero attached hydrogens (tertiary/aromatic N) is 6. The molecule has 14 aromatic rings. The first-order valence-electron chi connectivity index (χ1n) is 23.0. The molecule has 0 fully saturated rings. The van der Waals surface area contributed by atoms with Gasteiger partial charge in [-0.25, -0.2) is 29.9 Å². The minimum absolute atomic E-state index is 0.584. The van der Waals surface area contributed by atoms with Crippen molar-refractivity contribution in [3.63, 3.8) is 0 Å². The molecule has 0 aliphatic rings. The van der Waals surface area contributed by atoms with Crippen molar-refractivity contribution in [1.82, 2.24) is 29.9 Å². The van der Waals surface area contributed by atoms with Crippen LogP contribution in [0.3, 0.4) is 0 Å². The third kappa shape index (κ3) is 6.39. The van der Waals surface area contributed by atoms with Gasteiger partial charge in [-0.05, 0) is 60.6 Å². The molecule has 0 atom stereocenters. The Labute approximate surface area is 400 Å². The summed E-state index contributed by atoms with van der Waals surface area (Å²) in [5.74, 6) is 3.59. The molecular weight excluding hydrogens is 861 g/mol. The second-order valence-electron chi connectivity index (χ2n) is 17.3. The molecule has 0 unspecified atom stereocenters. The van der Waals surface area contributed by atoms with Gasteiger partial charge in [-0.1, -0.05) is 206 Å². The van der Waals surface area contributed by atoms with Crippen molar-refractivity contribution < 1.29 is 0 Å². The molecule has 11 aromatic carbocycles. The number of benzene rings is 11. The molecule has 7 heteroatoms. The fraction of sp³-hybridized carbons (Fsp3) is 0. The Morgan fingerprint density at radius 3 is 1.32 bits per heavy atom. The average molecular weight is 897 g/mol. The number of hydrogen-bond acceptors (Lipinski definition) is 7. The Bertz CT molecular complexity index is 4300. The molecule has 0 radical (unpaired) electrons. The third-order valence-corrected chi connectivity index (χ3v) is 14.5. The molecule has 3 heterocycles. The second-order valence-corrected chi connectivity index (χ2v) is 18.4. The molecular formula is C62H36N6S. The first kappa shape index (κ1) is 39.2. The zero-order chi connectivity index (χ0) is 45.4. The molecule has 0 aliphatic heterocycles.